The van der Waals surface area contributed by atoms with E-state index >= 15 is 0 Å². The number of nitrogens with one attached hydrogen (secondary N) is 1. The van der Waals surface area contributed by atoms with Crippen LogP contribution in [0.2, 0.25) is 0 Å². The van der Waals surface area contributed by atoms with E-state index in [2.05, 4.69) is 10.5 Å². The molecule has 150 valence electrons. The van der Waals surface area contributed by atoms with E-state index in [1.807, 2.05) is 32.0 Å². The van der Waals surface area contributed by atoms with Crippen LogP contribution in [-0.2, 0) is 17.6 Å². The van der Waals surface area contributed by atoms with Crippen LogP contribution in [0, 0.1) is 13.8 Å². The molecule has 29 heavy (non-hydrogen) atoms. The largest absolute Gasteiger partial charge is 0.465 e. The summed E-state index contributed by atoms with van der Waals surface area (Å²) in [6.45, 7) is 4.06. The highest BCUT2D eigenvalue weighted by molar-refractivity contribution is 7.17. The van der Waals surface area contributed by atoms with Crippen molar-refractivity contribution in [1.29, 1.82) is 0 Å². The molecule has 4 rings (SSSR count). The van der Waals surface area contributed by atoms with E-state index in [0.717, 1.165) is 47.3 Å². The van der Waals surface area contributed by atoms with Crippen molar-refractivity contribution in [2.45, 2.75) is 39.5 Å². The van der Waals surface area contributed by atoms with Gasteiger partial charge in [0.2, 0.25) is 0 Å². The van der Waals surface area contributed by atoms with Gasteiger partial charge in [-0.1, -0.05) is 17.3 Å². The van der Waals surface area contributed by atoms with Crippen LogP contribution in [0.1, 0.15) is 55.3 Å². The minimum atomic E-state index is -0.421. The number of carbonyl (C=O) groups is 2. The first kappa shape index (κ1) is 19.4. The van der Waals surface area contributed by atoms with E-state index in [9.17, 15) is 9.59 Å². The maximum atomic E-state index is 12.8. The second kappa shape index (κ2) is 7.83. The molecule has 1 aliphatic rings. The molecule has 0 saturated carbocycles. The number of rotatable bonds is 4. The van der Waals surface area contributed by atoms with Crippen molar-refractivity contribution < 1.29 is 18.8 Å². The van der Waals surface area contributed by atoms with Gasteiger partial charge in [-0.05, 0) is 62.3 Å². The van der Waals surface area contributed by atoms with Gasteiger partial charge >= 0.3 is 5.97 Å². The summed E-state index contributed by atoms with van der Waals surface area (Å²) in [5.41, 5.74) is 4.82. The predicted molar refractivity (Wildman–Crippen MR) is 112 cm³/mol. The Kier molecular flexibility index (Phi) is 5.24. The summed E-state index contributed by atoms with van der Waals surface area (Å²) in [4.78, 5) is 26.3. The summed E-state index contributed by atoms with van der Waals surface area (Å²) in [6.07, 6.45) is 3.86. The molecule has 1 amide bonds. The van der Waals surface area contributed by atoms with E-state index in [1.54, 1.807) is 6.07 Å². The minimum absolute atomic E-state index is 0.167. The van der Waals surface area contributed by atoms with Crippen molar-refractivity contribution >= 4 is 28.2 Å². The molecule has 3 aromatic rings. The first-order chi connectivity index (χ1) is 14.0. The van der Waals surface area contributed by atoms with Crippen LogP contribution in [0.15, 0.2) is 28.8 Å². The summed E-state index contributed by atoms with van der Waals surface area (Å²) in [7, 11) is 1.36. The average molecular weight is 410 g/mol. The molecule has 0 fully saturated rings. The van der Waals surface area contributed by atoms with E-state index < -0.39 is 11.9 Å². The molecule has 0 spiro atoms. The van der Waals surface area contributed by atoms with Crippen molar-refractivity contribution in [3.8, 4) is 11.3 Å². The van der Waals surface area contributed by atoms with Gasteiger partial charge in [-0.15, -0.1) is 11.3 Å². The van der Waals surface area contributed by atoms with E-state index in [-0.39, 0.29) is 5.69 Å². The first-order valence-electron chi connectivity index (χ1n) is 9.56. The van der Waals surface area contributed by atoms with E-state index in [0.29, 0.717) is 16.3 Å². The van der Waals surface area contributed by atoms with Crippen LogP contribution in [0.3, 0.4) is 0 Å². The van der Waals surface area contributed by atoms with Crippen molar-refractivity contribution in [3.05, 3.63) is 57.1 Å². The number of hydrogen-bond donors (Lipinski definition) is 1. The Morgan fingerprint density at radius 1 is 1.14 bits per heavy atom. The number of carbonyl (C=O) groups excluding carboxylic acids is 2. The number of fused-ring (bicyclic) bond motifs is 1. The van der Waals surface area contributed by atoms with Gasteiger partial charge in [0.1, 0.15) is 5.00 Å². The molecule has 0 radical (unpaired) electrons. The Bertz CT molecular complexity index is 1100. The highest BCUT2D eigenvalue weighted by Gasteiger charge is 2.27. The highest BCUT2D eigenvalue weighted by atomic mass is 32.1. The molecule has 0 aliphatic heterocycles. The molecular formula is C22H22N2O4S. The summed E-state index contributed by atoms with van der Waals surface area (Å²) in [5.74, 6) is -0.305. The molecule has 7 heteroatoms. The van der Waals surface area contributed by atoms with Gasteiger partial charge in [-0.25, -0.2) is 4.79 Å². The first-order valence-corrected chi connectivity index (χ1v) is 10.4. The normalized spacial score (nSPS) is 13.1. The van der Waals surface area contributed by atoms with E-state index in [1.165, 1.54) is 24.0 Å². The van der Waals surface area contributed by atoms with Gasteiger partial charge < -0.3 is 14.6 Å². The number of nitrogens with zero attached hydrogens (tertiary/aromatic N) is 1. The molecule has 1 N–H and O–H groups in total. The zero-order chi connectivity index (χ0) is 20.5. The van der Waals surface area contributed by atoms with Crippen molar-refractivity contribution in [2.24, 2.45) is 0 Å². The van der Waals surface area contributed by atoms with Gasteiger partial charge in [0.05, 0.1) is 12.7 Å². The van der Waals surface area contributed by atoms with Gasteiger partial charge in [-0.2, -0.15) is 0 Å². The smallest absolute Gasteiger partial charge is 0.341 e. The molecule has 1 aromatic carbocycles. The highest BCUT2D eigenvalue weighted by Crippen LogP contribution is 2.38. The average Bonchev–Trinajstić information content (AvgIpc) is 3.34. The van der Waals surface area contributed by atoms with Crippen LogP contribution in [0.25, 0.3) is 11.3 Å². The minimum Gasteiger partial charge on any atom is -0.465 e. The third-order valence-corrected chi connectivity index (χ3v) is 6.53. The number of amides is 1. The van der Waals surface area contributed by atoms with E-state index in [4.69, 9.17) is 9.26 Å². The van der Waals surface area contributed by atoms with Crippen LogP contribution in [0.4, 0.5) is 5.00 Å². The third kappa shape index (κ3) is 3.70. The zero-order valence-corrected chi connectivity index (χ0v) is 17.4. The Hall–Kier alpha value is -2.93. The van der Waals surface area contributed by atoms with Crippen LogP contribution >= 0.6 is 11.3 Å². The van der Waals surface area contributed by atoms with Crippen LogP contribution < -0.4 is 5.32 Å². The van der Waals surface area contributed by atoms with Gasteiger partial charge in [0.15, 0.2) is 11.5 Å². The number of esters is 1. The number of hydrogen-bond acceptors (Lipinski definition) is 6. The number of aryl methyl sites for hydroxylation is 3. The molecule has 0 atom stereocenters. The maximum absolute atomic E-state index is 12.8. The Morgan fingerprint density at radius 3 is 2.69 bits per heavy atom. The summed E-state index contributed by atoms with van der Waals surface area (Å²) in [5, 5.41) is 7.28. The quantitative estimate of drug-likeness (QED) is 0.616. The fourth-order valence-electron chi connectivity index (χ4n) is 3.55. The van der Waals surface area contributed by atoms with Crippen LogP contribution in [0.5, 0.6) is 0 Å². The fourth-order valence-corrected chi connectivity index (χ4v) is 4.82. The zero-order valence-electron chi connectivity index (χ0n) is 16.6. The molecule has 6 nitrogen and oxygen atoms in total. The Morgan fingerprint density at radius 2 is 1.93 bits per heavy atom. The summed E-state index contributed by atoms with van der Waals surface area (Å²) >= 11 is 1.44. The molecule has 2 aromatic heterocycles. The topological polar surface area (TPSA) is 81.4 Å². The standard InChI is InChI=1S/C22H22N2O4S/c1-12-8-9-14(10-13(12)2)17-11-16(24-28-17)20(25)23-21-19(22(26)27-3)15-6-4-5-7-18(15)29-21/h8-11H,4-7H2,1-3H3,(H,23,25). The number of aromatic nitrogens is 1. The van der Waals surface area contributed by atoms with Crippen molar-refractivity contribution in [1.82, 2.24) is 5.16 Å². The van der Waals surface area contributed by atoms with Gasteiger partial charge in [0, 0.05) is 16.5 Å². The summed E-state index contributed by atoms with van der Waals surface area (Å²) in [6, 6.07) is 7.56. The lowest BCUT2D eigenvalue weighted by atomic mass is 9.95. The van der Waals surface area contributed by atoms with Gasteiger partial charge in [-0.3, -0.25) is 4.79 Å². The lowest BCUT2D eigenvalue weighted by Gasteiger charge is -2.11. The molecular weight excluding hydrogens is 388 g/mol. The molecule has 1 aliphatic carbocycles. The maximum Gasteiger partial charge on any atom is 0.341 e. The molecule has 2 heterocycles. The number of benzene rings is 1. The monoisotopic (exact) mass is 410 g/mol. The second-order valence-corrected chi connectivity index (χ2v) is 8.34. The number of anilines is 1. The predicted octanol–water partition coefficient (Wildman–Crippen LogP) is 4.94. The number of thiophene rings is 1. The lowest BCUT2D eigenvalue weighted by Crippen LogP contribution is -2.15. The number of ether oxygens (including phenoxy) is 1. The molecule has 0 bridgehead atoms. The SMILES string of the molecule is COC(=O)c1c(NC(=O)c2cc(-c3ccc(C)c(C)c3)on2)sc2c1CCCC2. The molecule has 0 unspecified atom stereocenters. The number of methoxy groups -OCH3 is 1. The third-order valence-electron chi connectivity index (χ3n) is 5.32. The molecule has 0 saturated heterocycles. The second-order valence-electron chi connectivity index (χ2n) is 7.24. The van der Waals surface area contributed by atoms with Crippen LogP contribution in [-0.4, -0.2) is 24.1 Å². The van der Waals surface area contributed by atoms with Gasteiger partial charge in [0.25, 0.3) is 5.91 Å². The lowest BCUT2D eigenvalue weighted by molar-refractivity contribution is 0.0601. The fraction of sp³-hybridized carbons (Fsp3) is 0.318. The summed E-state index contributed by atoms with van der Waals surface area (Å²) < 4.78 is 10.3. The Labute approximate surface area is 172 Å². The Balaban J connectivity index is 1.60. The van der Waals surface area contributed by atoms with Crippen molar-refractivity contribution in [3.63, 3.8) is 0 Å². The van der Waals surface area contributed by atoms with Crippen molar-refractivity contribution in [2.75, 3.05) is 12.4 Å².